The minimum atomic E-state index is -0.540. The molecule has 1 aromatic heterocycles. The largest absolute Gasteiger partial charge is 0.508 e. The third kappa shape index (κ3) is 6.54. The predicted molar refractivity (Wildman–Crippen MR) is 135 cm³/mol. The van der Waals surface area contributed by atoms with Gasteiger partial charge < -0.3 is 24.8 Å². The normalized spacial score (nSPS) is 11.4. The molecule has 3 aromatic rings. The average molecular weight is 469 g/mol. The van der Waals surface area contributed by atoms with E-state index in [1.54, 1.807) is 25.1 Å². The van der Waals surface area contributed by atoms with E-state index in [4.69, 9.17) is 9.52 Å². The van der Waals surface area contributed by atoms with Crippen molar-refractivity contribution in [1.82, 2.24) is 0 Å². The van der Waals surface area contributed by atoms with Crippen molar-refractivity contribution in [1.29, 1.82) is 0 Å². The van der Waals surface area contributed by atoms with Crippen molar-refractivity contribution < 1.29 is 24.8 Å². The highest BCUT2D eigenvalue weighted by Gasteiger charge is 2.18. The molecule has 0 spiro atoms. The molecule has 3 rings (SSSR count). The second-order valence-corrected chi connectivity index (χ2v) is 9.10. The number of aryl methyl sites for hydroxylation is 2. The third-order valence-corrected chi connectivity index (χ3v) is 6.38. The number of fused-ring (bicyclic) bond motifs is 1. The highest BCUT2D eigenvalue weighted by Crippen LogP contribution is 2.34. The van der Waals surface area contributed by atoms with Crippen LogP contribution in [0.25, 0.3) is 22.3 Å². The maximum atomic E-state index is 12.8. The highest BCUT2D eigenvalue weighted by molar-refractivity contribution is 5.84. The first kappa shape index (κ1) is 25.6. The van der Waals surface area contributed by atoms with Crippen molar-refractivity contribution in [3.63, 3.8) is 0 Å². The topological polar surface area (TPSA) is 111 Å². The minimum absolute atomic E-state index is 0.0150. The van der Waals surface area contributed by atoms with Gasteiger partial charge in [0, 0.05) is 18.2 Å². The maximum absolute atomic E-state index is 12.8. The van der Waals surface area contributed by atoms with Gasteiger partial charge >= 0.3 is 0 Å². The van der Waals surface area contributed by atoms with Crippen LogP contribution < -0.4 is 5.43 Å². The van der Waals surface area contributed by atoms with E-state index in [1.807, 2.05) is 0 Å². The molecule has 6 heteroatoms. The van der Waals surface area contributed by atoms with Gasteiger partial charge in [-0.15, -0.1) is 0 Å². The fraction of sp³-hybridized carbons (Fsp3) is 0.464. The quantitative estimate of drug-likeness (QED) is 0.218. The van der Waals surface area contributed by atoms with Gasteiger partial charge in [0.05, 0.1) is 5.39 Å². The third-order valence-electron chi connectivity index (χ3n) is 6.38. The second-order valence-electron chi connectivity index (χ2n) is 9.10. The summed E-state index contributed by atoms with van der Waals surface area (Å²) in [4.78, 5) is 12.8. The first-order chi connectivity index (χ1) is 16.4. The Labute approximate surface area is 200 Å². The SMILES string of the molecule is Cc1cc(-c2oc3cc(O)c(CCCCCCCCCCCCO)cc3c(=O)c2O)ccc1O. The van der Waals surface area contributed by atoms with Crippen LogP contribution in [0, 0.1) is 6.92 Å². The van der Waals surface area contributed by atoms with E-state index in [-0.39, 0.29) is 28.2 Å². The molecule has 4 N–H and O–H groups in total. The molecule has 0 radical (unpaired) electrons. The summed E-state index contributed by atoms with van der Waals surface area (Å²) in [5.74, 6) is -0.272. The van der Waals surface area contributed by atoms with E-state index in [1.165, 1.54) is 44.2 Å². The van der Waals surface area contributed by atoms with Crippen LogP contribution in [-0.2, 0) is 6.42 Å². The zero-order valence-corrected chi connectivity index (χ0v) is 20.0. The summed E-state index contributed by atoms with van der Waals surface area (Å²) in [6.45, 7) is 2.01. The number of hydrogen-bond donors (Lipinski definition) is 4. The molecule has 0 saturated heterocycles. The Balaban J connectivity index is 1.59. The lowest BCUT2D eigenvalue weighted by Crippen LogP contribution is -2.03. The Morgan fingerprint density at radius 1 is 0.765 bits per heavy atom. The van der Waals surface area contributed by atoms with Crippen molar-refractivity contribution in [3.8, 4) is 28.6 Å². The molecule has 0 aliphatic carbocycles. The molecule has 0 aliphatic heterocycles. The summed E-state index contributed by atoms with van der Waals surface area (Å²) in [6, 6.07) is 7.74. The van der Waals surface area contributed by atoms with Crippen LogP contribution in [0.2, 0.25) is 0 Å². The number of aliphatic hydroxyl groups excluding tert-OH is 1. The number of phenols is 2. The molecule has 0 aliphatic rings. The molecule has 0 bridgehead atoms. The van der Waals surface area contributed by atoms with Gasteiger partial charge in [-0.3, -0.25) is 4.79 Å². The first-order valence-electron chi connectivity index (χ1n) is 12.3. The van der Waals surface area contributed by atoms with E-state index in [0.717, 1.165) is 32.1 Å². The fourth-order valence-corrected chi connectivity index (χ4v) is 4.30. The predicted octanol–water partition coefficient (Wildman–Crippen LogP) is 6.32. The second kappa shape index (κ2) is 12.5. The summed E-state index contributed by atoms with van der Waals surface area (Å²) >= 11 is 0. The number of hydrogen-bond acceptors (Lipinski definition) is 6. The molecule has 0 fully saturated rings. The summed E-state index contributed by atoms with van der Waals surface area (Å²) in [5, 5.41) is 39.8. The van der Waals surface area contributed by atoms with E-state index in [2.05, 4.69) is 0 Å². The average Bonchev–Trinajstić information content (AvgIpc) is 2.82. The van der Waals surface area contributed by atoms with Crippen molar-refractivity contribution in [3.05, 3.63) is 51.7 Å². The zero-order chi connectivity index (χ0) is 24.5. The zero-order valence-electron chi connectivity index (χ0n) is 20.0. The molecule has 6 nitrogen and oxygen atoms in total. The minimum Gasteiger partial charge on any atom is -0.508 e. The van der Waals surface area contributed by atoms with Crippen molar-refractivity contribution >= 4 is 11.0 Å². The van der Waals surface area contributed by atoms with E-state index >= 15 is 0 Å². The van der Waals surface area contributed by atoms with E-state index in [9.17, 15) is 20.1 Å². The van der Waals surface area contributed by atoms with Crippen molar-refractivity contribution in [2.75, 3.05) is 6.61 Å². The molecule has 184 valence electrons. The van der Waals surface area contributed by atoms with Crippen LogP contribution >= 0.6 is 0 Å². The van der Waals surface area contributed by atoms with Gasteiger partial charge in [0.25, 0.3) is 0 Å². The highest BCUT2D eigenvalue weighted by atomic mass is 16.4. The van der Waals surface area contributed by atoms with Crippen LogP contribution in [0.4, 0.5) is 0 Å². The summed E-state index contributed by atoms with van der Waals surface area (Å²) in [6.07, 6.45) is 11.9. The molecule has 0 unspecified atom stereocenters. The molecule has 34 heavy (non-hydrogen) atoms. The summed E-state index contributed by atoms with van der Waals surface area (Å²) < 4.78 is 5.80. The Morgan fingerprint density at radius 2 is 1.38 bits per heavy atom. The number of aromatic hydroxyl groups is 3. The van der Waals surface area contributed by atoms with Crippen LogP contribution in [0.5, 0.6) is 17.2 Å². The Kier molecular flexibility index (Phi) is 9.40. The lowest BCUT2D eigenvalue weighted by molar-refractivity contribution is 0.282. The van der Waals surface area contributed by atoms with Crippen LogP contribution in [-0.4, -0.2) is 27.0 Å². The number of unbranched alkanes of at least 4 members (excludes halogenated alkanes) is 9. The molecule has 1 heterocycles. The van der Waals surface area contributed by atoms with Gasteiger partial charge in [0.2, 0.25) is 11.2 Å². The molecular formula is C28H36O6. The van der Waals surface area contributed by atoms with Gasteiger partial charge in [-0.1, -0.05) is 51.4 Å². The smallest absolute Gasteiger partial charge is 0.235 e. The Bertz CT molecular complexity index is 1150. The van der Waals surface area contributed by atoms with E-state index in [0.29, 0.717) is 29.7 Å². The molecule has 2 aromatic carbocycles. The standard InChI is InChI=1S/C28H36O6/c1-19-16-21(13-14-23(19)30)28-27(33)26(32)22-17-20(24(31)18-25(22)34-28)12-10-8-6-4-2-3-5-7-9-11-15-29/h13-14,16-18,29-31,33H,2-12,15H2,1H3. The van der Waals surface area contributed by atoms with Gasteiger partial charge in [-0.2, -0.15) is 0 Å². The number of benzene rings is 2. The molecule has 0 atom stereocenters. The Morgan fingerprint density at radius 3 is 2.00 bits per heavy atom. The fourth-order valence-electron chi connectivity index (χ4n) is 4.30. The van der Waals surface area contributed by atoms with Crippen LogP contribution in [0.1, 0.15) is 75.3 Å². The first-order valence-corrected chi connectivity index (χ1v) is 12.3. The molecule has 0 amide bonds. The van der Waals surface area contributed by atoms with Gasteiger partial charge in [0.1, 0.15) is 17.1 Å². The van der Waals surface area contributed by atoms with Gasteiger partial charge in [0.15, 0.2) is 5.76 Å². The lowest BCUT2D eigenvalue weighted by Gasteiger charge is -2.10. The maximum Gasteiger partial charge on any atom is 0.235 e. The van der Waals surface area contributed by atoms with Crippen molar-refractivity contribution in [2.45, 2.75) is 77.6 Å². The summed E-state index contributed by atoms with van der Waals surface area (Å²) in [5.41, 5.74) is 1.42. The van der Waals surface area contributed by atoms with Crippen LogP contribution in [0.3, 0.4) is 0 Å². The Hall–Kier alpha value is -2.99. The van der Waals surface area contributed by atoms with Gasteiger partial charge in [-0.05, 0) is 61.6 Å². The number of rotatable bonds is 13. The van der Waals surface area contributed by atoms with Gasteiger partial charge in [-0.25, -0.2) is 0 Å². The lowest BCUT2D eigenvalue weighted by atomic mass is 10.0. The summed E-state index contributed by atoms with van der Waals surface area (Å²) in [7, 11) is 0. The number of aliphatic hydroxyl groups is 1. The monoisotopic (exact) mass is 468 g/mol. The molecule has 0 saturated carbocycles. The molecular weight excluding hydrogens is 432 g/mol. The van der Waals surface area contributed by atoms with Crippen LogP contribution in [0.15, 0.2) is 39.5 Å². The number of phenolic OH excluding ortho intramolecular Hbond substituents is 2. The van der Waals surface area contributed by atoms with Crippen molar-refractivity contribution in [2.24, 2.45) is 0 Å². The van der Waals surface area contributed by atoms with E-state index < -0.39 is 11.2 Å².